The lowest BCUT2D eigenvalue weighted by Gasteiger charge is -2.09. The lowest BCUT2D eigenvalue weighted by Crippen LogP contribution is -2.04. The van der Waals surface area contributed by atoms with Crippen LogP contribution in [0.2, 0.25) is 0 Å². The molecular weight excluding hydrogens is 326 g/mol. The van der Waals surface area contributed by atoms with Crippen LogP contribution >= 0.6 is 0 Å². The van der Waals surface area contributed by atoms with E-state index in [1.54, 1.807) is 24.3 Å². The van der Waals surface area contributed by atoms with Crippen LogP contribution in [-0.4, -0.2) is 27.1 Å². The minimum atomic E-state index is -1.64. The number of rotatable bonds is 6. The lowest BCUT2D eigenvalue weighted by atomic mass is 10.1. The number of aliphatic hydroxyl groups excluding tert-OH is 1. The van der Waals surface area contributed by atoms with Crippen LogP contribution in [0.3, 0.4) is 0 Å². The monoisotopic (exact) mass is 339 g/mol. The normalized spacial score (nSPS) is 10.8. The fourth-order valence-electron chi connectivity index (χ4n) is 1.99. The van der Waals surface area contributed by atoms with Crippen molar-refractivity contribution in [3.8, 4) is 17.6 Å². The van der Waals surface area contributed by atoms with Crippen molar-refractivity contribution in [2.45, 2.75) is 6.61 Å². The Bertz CT molecular complexity index is 895. The average molecular weight is 339 g/mol. The number of aromatic hydroxyl groups is 1. The summed E-state index contributed by atoms with van der Waals surface area (Å²) in [6, 6.07) is 12.5. The summed E-state index contributed by atoms with van der Waals surface area (Å²) in [5, 5.41) is 36.4. The molecular formula is C18H13NO6. The van der Waals surface area contributed by atoms with E-state index in [-0.39, 0.29) is 23.7 Å². The van der Waals surface area contributed by atoms with Crippen molar-refractivity contribution in [2.75, 3.05) is 0 Å². The molecule has 0 heterocycles. The fraction of sp³-hybridized carbons (Fsp3) is 0.0556. The summed E-state index contributed by atoms with van der Waals surface area (Å²) in [5.41, 5.74) is 1.01. The number of hydrogen-bond acceptors (Lipinski definition) is 6. The summed E-state index contributed by atoms with van der Waals surface area (Å²) in [6.45, 7) is 0.0387. The first-order chi connectivity index (χ1) is 11.9. The number of ether oxygens (including phenoxy) is 1. The van der Waals surface area contributed by atoms with Crippen LogP contribution in [0.25, 0.3) is 0 Å². The number of benzene rings is 2. The van der Waals surface area contributed by atoms with Gasteiger partial charge in [0.25, 0.3) is 0 Å². The van der Waals surface area contributed by atoms with E-state index < -0.39 is 17.5 Å². The van der Waals surface area contributed by atoms with Crippen molar-refractivity contribution in [1.29, 1.82) is 5.26 Å². The third-order valence-corrected chi connectivity index (χ3v) is 3.19. The number of carboxylic acid groups (broad SMARTS) is 1. The first-order valence-corrected chi connectivity index (χ1v) is 7.04. The number of phenolic OH excluding ortho intramolecular Hbond substituents is 1. The maximum Gasteiger partial charge on any atom is 0.371 e. The standard InChI is InChI=1S/C18H13NO6/c19-9-11-3-1-2-4-12(11)10-25-15-6-13(5-14(20)7-15)16(21)8-17(22)18(23)24/h1-8,20,22H,10H2,(H,23,24)/b17-8-. The molecule has 0 amide bonds. The third kappa shape index (κ3) is 4.59. The van der Waals surface area contributed by atoms with Gasteiger partial charge >= 0.3 is 5.97 Å². The Morgan fingerprint density at radius 1 is 1.16 bits per heavy atom. The first kappa shape index (κ1) is 17.6. The number of carbonyl (C=O) groups excluding carboxylic acids is 1. The van der Waals surface area contributed by atoms with Gasteiger partial charge in [-0.1, -0.05) is 18.2 Å². The van der Waals surface area contributed by atoms with Gasteiger partial charge in [-0.25, -0.2) is 4.79 Å². The Kier molecular flexibility index (Phi) is 5.38. The van der Waals surface area contributed by atoms with Crippen LogP contribution in [0.1, 0.15) is 21.5 Å². The predicted octanol–water partition coefficient (Wildman–Crippen LogP) is 2.55. The molecule has 0 saturated carbocycles. The van der Waals surface area contributed by atoms with Crippen molar-refractivity contribution in [2.24, 2.45) is 0 Å². The van der Waals surface area contributed by atoms with Gasteiger partial charge in [-0.05, 0) is 18.2 Å². The highest BCUT2D eigenvalue weighted by molar-refractivity contribution is 6.08. The number of aliphatic carboxylic acids is 1. The van der Waals surface area contributed by atoms with Gasteiger partial charge in [0.2, 0.25) is 5.76 Å². The Balaban J connectivity index is 2.22. The Morgan fingerprint density at radius 3 is 2.56 bits per heavy atom. The number of ketones is 1. The molecule has 0 radical (unpaired) electrons. The van der Waals surface area contributed by atoms with Gasteiger partial charge in [-0.15, -0.1) is 0 Å². The zero-order valence-corrected chi connectivity index (χ0v) is 12.8. The summed E-state index contributed by atoms with van der Waals surface area (Å²) in [4.78, 5) is 22.5. The van der Waals surface area contributed by atoms with E-state index in [4.69, 9.17) is 20.2 Å². The molecule has 0 aliphatic heterocycles. The smallest absolute Gasteiger partial charge is 0.371 e. The number of phenols is 1. The topological polar surface area (TPSA) is 128 Å². The van der Waals surface area contributed by atoms with Crippen LogP contribution in [0.15, 0.2) is 54.3 Å². The molecule has 3 N–H and O–H groups in total. The number of allylic oxidation sites excluding steroid dienone is 1. The number of carbonyl (C=O) groups is 2. The van der Waals surface area contributed by atoms with E-state index in [0.29, 0.717) is 17.2 Å². The summed E-state index contributed by atoms with van der Waals surface area (Å²) in [5.74, 6) is -3.67. The number of hydrogen-bond donors (Lipinski definition) is 3. The van der Waals surface area contributed by atoms with Crippen LogP contribution in [0.5, 0.6) is 11.5 Å². The summed E-state index contributed by atoms with van der Waals surface area (Å²) in [7, 11) is 0. The SMILES string of the molecule is N#Cc1ccccc1COc1cc(O)cc(C(=O)/C=C(\O)C(=O)O)c1. The van der Waals surface area contributed by atoms with Gasteiger partial charge in [0, 0.05) is 23.3 Å². The lowest BCUT2D eigenvalue weighted by molar-refractivity contribution is -0.135. The van der Waals surface area contributed by atoms with Crippen molar-refractivity contribution >= 4 is 11.8 Å². The number of nitriles is 1. The van der Waals surface area contributed by atoms with E-state index in [0.717, 1.165) is 6.07 Å². The Labute approximate surface area is 142 Å². The van der Waals surface area contributed by atoms with E-state index in [9.17, 15) is 14.7 Å². The molecule has 7 nitrogen and oxygen atoms in total. The first-order valence-electron chi connectivity index (χ1n) is 7.04. The zero-order valence-electron chi connectivity index (χ0n) is 12.8. The van der Waals surface area contributed by atoms with Gasteiger partial charge in [0.05, 0.1) is 11.6 Å². The van der Waals surface area contributed by atoms with Crippen LogP contribution in [0, 0.1) is 11.3 Å². The van der Waals surface area contributed by atoms with Gasteiger partial charge in [0.1, 0.15) is 18.1 Å². The molecule has 2 aromatic rings. The second kappa shape index (κ2) is 7.66. The number of nitrogens with zero attached hydrogens (tertiary/aromatic N) is 1. The highest BCUT2D eigenvalue weighted by atomic mass is 16.5. The molecule has 0 atom stereocenters. The van der Waals surface area contributed by atoms with Gasteiger partial charge < -0.3 is 20.1 Å². The molecule has 0 unspecified atom stereocenters. The molecule has 2 rings (SSSR count). The molecule has 0 aliphatic rings. The summed E-state index contributed by atoms with van der Waals surface area (Å²) in [6.07, 6.45) is 0.534. The quantitative estimate of drug-likeness (QED) is 0.419. The van der Waals surface area contributed by atoms with Gasteiger partial charge in [-0.2, -0.15) is 5.26 Å². The fourth-order valence-corrected chi connectivity index (χ4v) is 1.99. The maximum absolute atomic E-state index is 11.9. The van der Waals surface area contributed by atoms with Crippen molar-refractivity contribution in [3.05, 3.63) is 71.0 Å². The summed E-state index contributed by atoms with van der Waals surface area (Å²) >= 11 is 0. The van der Waals surface area contributed by atoms with E-state index >= 15 is 0 Å². The Morgan fingerprint density at radius 2 is 1.88 bits per heavy atom. The zero-order chi connectivity index (χ0) is 18.4. The molecule has 0 aliphatic carbocycles. The average Bonchev–Trinajstić information content (AvgIpc) is 2.59. The molecule has 0 bridgehead atoms. The van der Waals surface area contributed by atoms with Crippen molar-refractivity contribution in [1.82, 2.24) is 0 Å². The molecule has 0 aromatic heterocycles. The molecule has 0 fully saturated rings. The van der Waals surface area contributed by atoms with Gasteiger partial charge in [-0.3, -0.25) is 4.79 Å². The molecule has 126 valence electrons. The van der Waals surface area contributed by atoms with Crippen LogP contribution in [0.4, 0.5) is 0 Å². The molecule has 25 heavy (non-hydrogen) atoms. The van der Waals surface area contributed by atoms with E-state index in [2.05, 4.69) is 0 Å². The maximum atomic E-state index is 11.9. The summed E-state index contributed by atoms with van der Waals surface area (Å²) < 4.78 is 5.50. The van der Waals surface area contributed by atoms with E-state index in [1.807, 2.05) is 6.07 Å². The van der Waals surface area contributed by atoms with Crippen LogP contribution < -0.4 is 4.74 Å². The molecule has 7 heteroatoms. The minimum Gasteiger partial charge on any atom is -0.508 e. The second-order valence-corrected chi connectivity index (χ2v) is 4.97. The highest BCUT2D eigenvalue weighted by Gasteiger charge is 2.12. The number of carboxylic acids is 1. The molecule has 0 saturated heterocycles. The molecule has 0 spiro atoms. The van der Waals surface area contributed by atoms with Gasteiger partial charge in [0.15, 0.2) is 5.78 Å². The minimum absolute atomic E-state index is 0.0387. The molecule has 2 aromatic carbocycles. The Hall–Kier alpha value is -3.79. The number of aliphatic hydroxyl groups is 1. The van der Waals surface area contributed by atoms with Crippen molar-refractivity contribution < 1.29 is 29.6 Å². The third-order valence-electron chi connectivity index (χ3n) is 3.19. The van der Waals surface area contributed by atoms with Crippen LogP contribution in [-0.2, 0) is 11.4 Å². The van der Waals surface area contributed by atoms with Crippen molar-refractivity contribution in [3.63, 3.8) is 0 Å². The second-order valence-electron chi connectivity index (χ2n) is 4.97. The van der Waals surface area contributed by atoms with E-state index in [1.165, 1.54) is 12.1 Å². The predicted molar refractivity (Wildman–Crippen MR) is 86.3 cm³/mol. The highest BCUT2D eigenvalue weighted by Crippen LogP contribution is 2.24. The largest absolute Gasteiger partial charge is 0.508 e.